The molecule has 0 spiro atoms. The third-order valence-corrected chi connectivity index (χ3v) is 3.34. The summed E-state index contributed by atoms with van der Waals surface area (Å²) in [5.41, 5.74) is 0. The number of β-amino-alcohol motifs (C(OH)–C–C–N with tert-alkyl or cyclic N) is 1. The maximum atomic E-state index is 11.8. The molecule has 20 heavy (non-hydrogen) atoms. The average molecular weight is 282 g/mol. The fraction of sp³-hybridized carbons (Fsp3) is 0.769. The third kappa shape index (κ3) is 4.57. The molecule has 0 radical (unpaired) electrons. The molecule has 0 unspecified atom stereocenters. The quantitative estimate of drug-likeness (QED) is 0.747. The number of hydrogen-bond donors (Lipinski definition) is 2. The highest BCUT2D eigenvalue weighted by Gasteiger charge is 2.19. The molecule has 0 aromatic carbocycles. The van der Waals surface area contributed by atoms with Crippen molar-refractivity contribution < 1.29 is 14.4 Å². The van der Waals surface area contributed by atoms with Crippen LogP contribution in [0.5, 0.6) is 0 Å². The zero-order valence-corrected chi connectivity index (χ0v) is 11.8. The second-order valence-corrected chi connectivity index (χ2v) is 5.09. The number of carbonyl (C=O) groups excluding carboxylic acids is 1. The van der Waals surface area contributed by atoms with Crippen LogP contribution in [-0.2, 0) is 17.6 Å². The molecule has 1 aliphatic heterocycles. The van der Waals surface area contributed by atoms with Crippen LogP contribution < -0.4 is 5.32 Å². The molecule has 2 N–H and O–H groups in total. The number of aryl methyl sites for hydroxylation is 1. The standard InChI is InChI=1S/C13H22N4O3/c1-2-11-15-13(20-16-11)5-6-14-12(19)9-17-7-3-4-10(18)8-17/h10,18H,2-9H2,1H3,(H,14,19)/t10-/m1/s1. The fourth-order valence-electron chi connectivity index (χ4n) is 2.28. The minimum atomic E-state index is -0.303. The van der Waals surface area contributed by atoms with Gasteiger partial charge in [-0.25, -0.2) is 0 Å². The molecule has 1 atom stereocenters. The first-order chi connectivity index (χ1) is 9.67. The summed E-state index contributed by atoms with van der Waals surface area (Å²) in [4.78, 5) is 17.9. The summed E-state index contributed by atoms with van der Waals surface area (Å²) in [6.07, 6.45) is 2.75. The Bertz CT molecular complexity index is 435. The highest BCUT2D eigenvalue weighted by Crippen LogP contribution is 2.08. The number of carbonyl (C=O) groups is 1. The van der Waals surface area contributed by atoms with E-state index >= 15 is 0 Å². The lowest BCUT2D eigenvalue weighted by atomic mass is 10.1. The zero-order valence-electron chi connectivity index (χ0n) is 11.8. The molecule has 1 amide bonds. The monoisotopic (exact) mass is 282 g/mol. The molecule has 0 bridgehead atoms. The van der Waals surface area contributed by atoms with E-state index in [1.54, 1.807) is 0 Å². The number of piperidine rings is 1. The molecular formula is C13H22N4O3. The molecule has 7 nitrogen and oxygen atoms in total. The van der Waals surface area contributed by atoms with Crippen LogP contribution in [-0.4, -0.2) is 58.3 Å². The van der Waals surface area contributed by atoms with Gasteiger partial charge in [-0.15, -0.1) is 0 Å². The van der Waals surface area contributed by atoms with Crippen LogP contribution in [0, 0.1) is 0 Å². The van der Waals surface area contributed by atoms with Gasteiger partial charge < -0.3 is 14.9 Å². The normalized spacial score (nSPS) is 20.0. The van der Waals surface area contributed by atoms with Crippen LogP contribution in [0.1, 0.15) is 31.5 Å². The summed E-state index contributed by atoms with van der Waals surface area (Å²) in [6, 6.07) is 0. The Morgan fingerprint density at radius 1 is 1.60 bits per heavy atom. The number of aliphatic hydroxyl groups is 1. The van der Waals surface area contributed by atoms with E-state index in [0.717, 1.165) is 25.8 Å². The summed E-state index contributed by atoms with van der Waals surface area (Å²) in [6.45, 7) is 4.23. The molecule has 2 rings (SSSR count). The van der Waals surface area contributed by atoms with Gasteiger partial charge in [0.2, 0.25) is 11.8 Å². The number of nitrogens with one attached hydrogen (secondary N) is 1. The van der Waals surface area contributed by atoms with Gasteiger partial charge >= 0.3 is 0 Å². The second kappa shape index (κ2) is 7.35. The van der Waals surface area contributed by atoms with Crippen molar-refractivity contribution in [3.05, 3.63) is 11.7 Å². The Balaban J connectivity index is 1.64. The lowest BCUT2D eigenvalue weighted by molar-refractivity contribution is -0.122. The molecule has 0 saturated carbocycles. The highest BCUT2D eigenvalue weighted by atomic mass is 16.5. The zero-order chi connectivity index (χ0) is 14.4. The number of hydrogen-bond acceptors (Lipinski definition) is 6. The van der Waals surface area contributed by atoms with Gasteiger partial charge in [0.15, 0.2) is 5.82 Å². The van der Waals surface area contributed by atoms with Crippen molar-refractivity contribution in [2.45, 2.75) is 38.7 Å². The molecule has 1 aromatic heterocycles. The second-order valence-electron chi connectivity index (χ2n) is 5.09. The number of nitrogens with zero attached hydrogens (tertiary/aromatic N) is 3. The van der Waals surface area contributed by atoms with E-state index in [4.69, 9.17) is 4.52 Å². The van der Waals surface area contributed by atoms with E-state index in [9.17, 15) is 9.90 Å². The van der Waals surface area contributed by atoms with Crippen LogP contribution in [0.25, 0.3) is 0 Å². The summed E-state index contributed by atoms with van der Waals surface area (Å²) in [7, 11) is 0. The minimum Gasteiger partial charge on any atom is -0.392 e. The molecule has 1 aromatic rings. The van der Waals surface area contributed by atoms with Gasteiger partial charge in [0.1, 0.15) is 0 Å². The smallest absolute Gasteiger partial charge is 0.234 e. The van der Waals surface area contributed by atoms with Crippen molar-refractivity contribution in [3.63, 3.8) is 0 Å². The number of rotatable bonds is 6. The molecular weight excluding hydrogens is 260 g/mol. The number of aromatic nitrogens is 2. The van der Waals surface area contributed by atoms with Gasteiger partial charge in [0.05, 0.1) is 12.6 Å². The Morgan fingerprint density at radius 3 is 3.15 bits per heavy atom. The summed E-state index contributed by atoms with van der Waals surface area (Å²) in [5.74, 6) is 1.21. The van der Waals surface area contributed by atoms with Crippen molar-refractivity contribution in [2.24, 2.45) is 0 Å². The predicted molar refractivity (Wildman–Crippen MR) is 72.1 cm³/mol. The topological polar surface area (TPSA) is 91.5 Å². The number of likely N-dealkylation sites (tertiary alicyclic amines) is 1. The average Bonchev–Trinajstić information content (AvgIpc) is 2.86. The molecule has 1 aliphatic rings. The molecule has 7 heteroatoms. The van der Waals surface area contributed by atoms with Crippen molar-refractivity contribution in [1.29, 1.82) is 0 Å². The Kier molecular flexibility index (Phi) is 5.49. The van der Waals surface area contributed by atoms with Crippen LogP contribution in [0.2, 0.25) is 0 Å². The van der Waals surface area contributed by atoms with Crippen LogP contribution in [0.15, 0.2) is 4.52 Å². The van der Waals surface area contributed by atoms with Gasteiger partial charge in [-0.05, 0) is 19.4 Å². The maximum absolute atomic E-state index is 11.8. The lowest BCUT2D eigenvalue weighted by Gasteiger charge is -2.29. The highest BCUT2D eigenvalue weighted by molar-refractivity contribution is 5.78. The third-order valence-electron chi connectivity index (χ3n) is 3.34. The summed E-state index contributed by atoms with van der Waals surface area (Å²) < 4.78 is 5.05. The molecule has 1 saturated heterocycles. The predicted octanol–water partition coefficient (Wildman–Crippen LogP) is -0.253. The van der Waals surface area contributed by atoms with Gasteiger partial charge in [-0.3, -0.25) is 9.69 Å². The maximum Gasteiger partial charge on any atom is 0.234 e. The van der Waals surface area contributed by atoms with Crippen LogP contribution in [0.3, 0.4) is 0 Å². The molecule has 0 aliphatic carbocycles. The molecule has 2 heterocycles. The SMILES string of the molecule is CCc1noc(CCNC(=O)CN2CCC[C@@H](O)C2)n1. The van der Waals surface area contributed by atoms with Gasteiger partial charge in [-0.2, -0.15) is 4.98 Å². The van der Waals surface area contributed by atoms with E-state index < -0.39 is 0 Å². The van der Waals surface area contributed by atoms with Crippen molar-refractivity contribution in [2.75, 3.05) is 26.2 Å². The minimum absolute atomic E-state index is 0.0330. The summed E-state index contributed by atoms with van der Waals surface area (Å²) >= 11 is 0. The Morgan fingerprint density at radius 2 is 2.45 bits per heavy atom. The molecule has 1 fully saturated rings. The molecule has 112 valence electrons. The van der Waals surface area contributed by atoms with E-state index in [-0.39, 0.29) is 12.0 Å². The van der Waals surface area contributed by atoms with Crippen molar-refractivity contribution in [3.8, 4) is 0 Å². The van der Waals surface area contributed by atoms with Gasteiger partial charge in [0, 0.05) is 25.9 Å². The van der Waals surface area contributed by atoms with E-state index in [2.05, 4.69) is 15.5 Å². The number of amides is 1. The Hall–Kier alpha value is -1.47. The largest absolute Gasteiger partial charge is 0.392 e. The van der Waals surface area contributed by atoms with Crippen LogP contribution >= 0.6 is 0 Å². The fourth-order valence-corrected chi connectivity index (χ4v) is 2.28. The van der Waals surface area contributed by atoms with Gasteiger partial charge in [-0.1, -0.05) is 12.1 Å². The number of aliphatic hydroxyl groups excluding tert-OH is 1. The Labute approximate surface area is 118 Å². The van der Waals surface area contributed by atoms with E-state index in [0.29, 0.717) is 37.8 Å². The lowest BCUT2D eigenvalue weighted by Crippen LogP contribution is -2.44. The first kappa shape index (κ1) is 14.9. The van der Waals surface area contributed by atoms with E-state index in [1.807, 2.05) is 11.8 Å². The van der Waals surface area contributed by atoms with Gasteiger partial charge in [0.25, 0.3) is 0 Å². The van der Waals surface area contributed by atoms with Crippen molar-refractivity contribution in [1.82, 2.24) is 20.4 Å². The first-order valence-electron chi connectivity index (χ1n) is 7.16. The van der Waals surface area contributed by atoms with Crippen molar-refractivity contribution >= 4 is 5.91 Å². The first-order valence-corrected chi connectivity index (χ1v) is 7.16. The van der Waals surface area contributed by atoms with Crippen LogP contribution in [0.4, 0.5) is 0 Å². The van der Waals surface area contributed by atoms with E-state index in [1.165, 1.54) is 0 Å². The summed E-state index contributed by atoms with van der Waals surface area (Å²) in [5, 5.41) is 16.2.